The van der Waals surface area contributed by atoms with Crippen LogP contribution in [-0.4, -0.2) is 23.0 Å². The largest absolute Gasteiger partial charge is 0.379 e. The van der Waals surface area contributed by atoms with Crippen molar-refractivity contribution in [3.8, 4) is 0 Å². The van der Waals surface area contributed by atoms with Crippen LogP contribution in [0.1, 0.15) is 51.6 Å². The molecule has 1 aliphatic rings. The maximum absolute atomic E-state index is 5.32. The number of aromatic nitrogens is 2. The minimum absolute atomic E-state index is 0.465. The van der Waals surface area contributed by atoms with Gasteiger partial charge in [0.05, 0.1) is 18.8 Å². The number of hydrogen-bond donors (Lipinski definition) is 0. The fourth-order valence-electron chi connectivity index (χ4n) is 1.58. The number of hydrogen-bond acceptors (Lipinski definition) is 2. The van der Waals surface area contributed by atoms with E-state index in [0.717, 1.165) is 19.6 Å². The molecule has 3 heteroatoms. The van der Waals surface area contributed by atoms with E-state index in [1.807, 2.05) is 24.7 Å². The van der Waals surface area contributed by atoms with Gasteiger partial charge in [-0.2, -0.15) is 5.10 Å². The van der Waals surface area contributed by atoms with Gasteiger partial charge in [-0.3, -0.25) is 4.68 Å². The van der Waals surface area contributed by atoms with Crippen LogP contribution in [0, 0.1) is 0 Å². The summed E-state index contributed by atoms with van der Waals surface area (Å²) in [5.74, 6) is 0.566. The van der Waals surface area contributed by atoms with Crippen LogP contribution in [0.4, 0.5) is 0 Å². The second-order valence-electron chi connectivity index (χ2n) is 3.93. The first-order chi connectivity index (χ1) is 7.27. The molecule has 0 bridgehead atoms. The van der Waals surface area contributed by atoms with Gasteiger partial charge in [0.2, 0.25) is 0 Å². The Morgan fingerprint density at radius 1 is 1.47 bits per heavy atom. The molecule has 2 heterocycles. The summed E-state index contributed by atoms with van der Waals surface area (Å²) in [7, 11) is 0. The van der Waals surface area contributed by atoms with E-state index < -0.39 is 0 Å². The minimum atomic E-state index is 0.465. The first-order valence-electron chi connectivity index (χ1n) is 5.89. The van der Waals surface area contributed by atoms with Gasteiger partial charge in [0, 0.05) is 12.8 Å². The Morgan fingerprint density at radius 3 is 2.67 bits per heavy atom. The molecule has 15 heavy (non-hydrogen) atoms. The van der Waals surface area contributed by atoms with Gasteiger partial charge in [0.1, 0.15) is 0 Å². The third-order valence-corrected chi connectivity index (χ3v) is 2.57. The Bertz CT molecular complexity index is 275. The predicted octanol–water partition coefficient (Wildman–Crippen LogP) is 2.99. The number of rotatable bonds is 2. The molecule has 0 N–H and O–H groups in total. The molecule has 86 valence electrons. The fraction of sp³-hybridized carbons (Fsp3) is 0.750. The zero-order valence-corrected chi connectivity index (χ0v) is 10.2. The SMILES string of the molecule is CC.CC(C)c1cnn(C2CCOC2)c1. The van der Waals surface area contributed by atoms with E-state index in [1.54, 1.807) is 0 Å². The van der Waals surface area contributed by atoms with E-state index in [0.29, 0.717) is 12.0 Å². The van der Waals surface area contributed by atoms with Gasteiger partial charge >= 0.3 is 0 Å². The van der Waals surface area contributed by atoms with Gasteiger partial charge in [-0.1, -0.05) is 27.7 Å². The highest BCUT2D eigenvalue weighted by molar-refractivity contribution is 5.09. The lowest BCUT2D eigenvalue weighted by molar-refractivity contribution is 0.184. The maximum Gasteiger partial charge on any atom is 0.0774 e. The fourth-order valence-corrected chi connectivity index (χ4v) is 1.58. The van der Waals surface area contributed by atoms with Gasteiger partial charge < -0.3 is 4.74 Å². The predicted molar refractivity (Wildman–Crippen MR) is 62.1 cm³/mol. The molecule has 3 nitrogen and oxygen atoms in total. The third-order valence-electron chi connectivity index (χ3n) is 2.57. The van der Waals surface area contributed by atoms with Gasteiger partial charge in [-0.25, -0.2) is 0 Å². The minimum Gasteiger partial charge on any atom is -0.379 e. The van der Waals surface area contributed by atoms with E-state index in [-0.39, 0.29) is 0 Å². The lowest BCUT2D eigenvalue weighted by atomic mass is 10.1. The molecule has 0 amide bonds. The average Bonchev–Trinajstić information content (AvgIpc) is 2.91. The molecule has 1 unspecified atom stereocenters. The highest BCUT2D eigenvalue weighted by atomic mass is 16.5. The summed E-state index contributed by atoms with van der Waals surface area (Å²) in [4.78, 5) is 0. The zero-order valence-electron chi connectivity index (χ0n) is 10.2. The molecule has 1 fully saturated rings. The summed E-state index contributed by atoms with van der Waals surface area (Å²) in [6.07, 6.45) is 5.20. The normalized spacial score (nSPS) is 20.2. The lowest BCUT2D eigenvalue weighted by Gasteiger charge is -2.07. The molecule has 0 spiro atoms. The summed E-state index contributed by atoms with van der Waals surface area (Å²) >= 11 is 0. The molecule has 1 saturated heterocycles. The lowest BCUT2D eigenvalue weighted by Crippen LogP contribution is -2.08. The van der Waals surface area contributed by atoms with Gasteiger partial charge in [0.15, 0.2) is 0 Å². The third kappa shape index (κ3) is 3.06. The van der Waals surface area contributed by atoms with E-state index in [4.69, 9.17) is 4.74 Å². The van der Waals surface area contributed by atoms with E-state index >= 15 is 0 Å². The van der Waals surface area contributed by atoms with Crippen LogP contribution in [0.2, 0.25) is 0 Å². The van der Waals surface area contributed by atoms with Crippen molar-refractivity contribution in [2.45, 2.75) is 46.1 Å². The summed E-state index contributed by atoms with van der Waals surface area (Å²) in [5.41, 5.74) is 1.31. The summed E-state index contributed by atoms with van der Waals surface area (Å²) in [5, 5.41) is 4.36. The Hall–Kier alpha value is -0.830. The van der Waals surface area contributed by atoms with Crippen LogP contribution in [-0.2, 0) is 4.74 Å². The van der Waals surface area contributed by atoms with Crippen molar-refractivity contribution in [1.29, 1.82) is 0 Å². The maximum atomic E-state index is 5.32. The van der Waals surface area contributed by atoms with Crippen molar-refractivity contribution >= 4 is 0 Å². The zero-order chi connectivity index (χ0) is 11.3. The topological polar surface area (TPSA) is 27.1 Å². The first-order valence-corrected chi connectivity index (χ1v) is 5.89. The molecule has 1 atom stereocenters. The molecule has 1 aliphatic heterocycles. The molecular formula is C12H22N2O. The quantitative estimate of drug-likeness (QED) is 0.750. The summed E-state index contributed by atoms with van der Waals surface area (Å²) in [6, 6.07) is 0.465. The van der Waals surface area contributed by atoms with Crippen molar-refractivity contribution < 1.29 is 4.74 Å². The molecule has 0 radical (unpaired) electrons. The monoisotopic (exact) mass is 210 g/mol. The summed E-state index contributed by atoms with van der Waals surface area (Å²) < 4.78 is 7.36. The Kier molecular flexibility index (Phi) is 4.82. The smallest absolute Gasteiger partial charge is 0.0774 e. The van der Waals surface area contributed by atoms with E-state index in [1.165, 1.54) is 5.56 Å². The van der Waals surface area contributed by atoms with Crippen molar-refractivity contribution in [1.82, 2.24) is 9.78 Å². The van der Waals surface area contributed by atoms with Crippen LogP contribution >= 0.6 is 0 Å². The van der Waals surface area contributed by atoms with Crippen LogP contribution in [0.15, 0.2) is 12.4 Å². The second kappa shape index (κ2) is 5.91. The highest BCUT2D eigenvalue weighted by Gasteiger charge is 2.18. The average molecular weight is 210 g/mol. The van der Waals surface area contributed by atoms with Gasteiger partial charge in [-0.15, -0.1) is 0 Å². The number of nitrogens with zero attached hydrogens (tertiary/aromatic N) is 2. The number of ether oxygens (including phenoxy) is 1. The molecule has 1 aromatic heterocycles. The first kappa shape index (κ1) is 12.2. The molecule has 1 aromatic rings. The summed E-state index contributed by atoms with van der Waals surface area (Å²) in [6.45, 7) is 10.1. The van der Waals surface area contributed by atoms with Crippen molar-refractivity contribution in [3.05, 3.63) is 18.0 Å². The Morgan fingerprint density at radius 2 is 2.20 bits per heavy atom. The van der Waals surface area contributed by atoms with Crippen molar-refractivity contribution in [2.75, 3.05) is 13.2 Å². The van der Waals surface area contributed by atoms with Crippen LogP contribution in [0.25, 0.3) is 0 Å². The standard InChI is InChI=1S/C10H16N2O.C2H6/c1-8(2)9-5-11-12(6-9)10-3-4-13-7-10;1-2/h5-6,8,10H,3-4,7H2,1-2H3;1-2H3. The van der Waals surface area contributed by atoms with Crippen molar-refractivity contribution in [2.24, 2.45) is 0 Å². The molecule has 2 rings (SSSR count). The molecular weight excluding hydrogens is 188 g/mol. The Labute approximate surface area is 92.4 Å². The van der Waals surface area contributed by atoms with E-state index in [9.17, 15) is 0 Å². The van der Waals surface area contributed by atoms with Crippen LogP contribution in [0.5, 0.6) is 0 Å². The highest BCUT2D eigenvalue weighted by Crippen LogP contribution is 2.20. The Balaban J connectivity index is 0.000000531. The second-order valence-corrected chi connectivity index (χ2v) is 3.93. The van der Waals surface area contributed by atoms with Crippen LogP contribution < -0.4 is 0 Å². The van der Waals surface area contributed by atoms with Gasteiger partial charge in [0.25, 0.3) is 0 Å². The van der Waals surface area contributed by atoms with Crippen molar-refractivity contribution in [3.63, 3.8) is 0 Å². The molecule has 0 aliphatic carbocycles. The molecule has 0 aromatic carbocycles. The van der Waals surface area contributed by atoms with E-state index in [2.05, 4.69) is 25.1 Å². The van der Waals surface area contributed by atoms with Crippen LogP contribution in [0.3, 0.4) is 0 Å². The molecule has 0 saturated carbocycles. The van der Waals surface area contributed by atoms with Gasteiger partial charge in [-0.05, 0) is 17.9 Å².